The molecule has 0 aromatic heterocycles. The summed E-state index contributed by atoms with van der Waals surface area (Å²) in [7, 11) is 2.88. The number of aliphatic hydroxyl groups is 1. The lowest BCUT2D eigenvalue weighted by atomic mass is 9.94. The molecule has 0 radical (unpaired) electrons. The highest BCUT2D eigenvalue weighted by Crippen LogP contribution is 2.33. The van der Waals surface area contributed by atoms with Gasteiger partial charge in [0.15, 0.2) is 6.29 Å². The van der Waals surface area contributed by atoms with E-state index in [4.69, 9.17) is 14.2 Å². The lowest BCUT2D eigenvalue weighted by Gasteiger charge is -2.45. The molecule has 1 N–H and O–H groups in total. The van der Waals surface area contributed by atoms with Crippen molar-refractivity contribution in [2.45, 2.75) is 44.0 Å². The molecule has 2 aliphatic heterocycles. The number of imide groups is 1. The number of hydrogen-bond donors (Lipinski definition) is 1. The van der Waals surface area contributed by atoms with Crippen LogP contribution in [0.1, 0.15) is 34.1 Å². The fraction of sp³-hybridized carbons (Fsp3) is 0.529. The molecule has 0 saturated carbocycles. The third-order valence-corrected chi connectivity index (χ3v) is 4.67. The van der Waals surface area contributed by atoms with Crippen LogP contribution in [0, 0.1) is 0 Å². The van der Waals surface area contributed by atoms with Crippen LogP contribution in [0.3, 0.4) is 0 Å². The Bertz CT molecular complexity index is 613. The topological polar surface area (TPSA) is 85.3 Å². The van der Waals surface area contributed by atoms with Gasteiger partial charge in [-0.25, -0.2) is 0 Å². The summed E-state index contributed by atoms with van der Waals surface area (Å²) in [4.78, 5) is 26.4. The van der Waals surface area contributed by atoms with E-state index in [9.17, 15) is 14.7 Å². The molecule has 130 valence electrons. The first kappa shape index (κ1) is 17.0. The minimum Gasteiger partial charge on any atom is -0.388 e. The number of carbonyl (C=O) groups is 2. The first-order valence-electron chi connectivity index (χ1n) is 7.91. The second-order valence-electron chi connectivity index (χ2n) is 5.89. The fourth-order valence-corrected chi connectivity index (χ4v) is 3.47. The molecule has 0 aliphatic carbocycles. The number of ether oxygens (including phenoxy) is 3. The lowest BCUT2D eigenvalue weighted by Crippen LogP contribution is -2.65. The van der Waals surface area contributed by atoms with E-state index in [1.807, 2.05) is 6.92 Å². The summed E-state index contributed by atoms with van der Waals surface area (Å²) in [6.07, 6.45) is -2.47. The molecule has 1 aromatic carbocycles. The van der Waals surface area contributed by atoms with Crippen molar-refractivity contribution in [2.24, 2.45) is 0 Å². The molecule has 2 aliphatic rings. The van der Waals surface area contributed by atoms with Gasteiger partial charge in [0, 0.05) is 14.2 Å². The number of hydrogen-bond acceptors (Lipinski definition) is 6. The van der Waals surface area contributed by atoms with Gasteiger partial charge < -0.3 is 19.3 Å². The van der Waals surface area contributed by atoms with Gasteiger partial charge >= 0.3 is 0 Å². The number of amides is 2. The zero-order valence-electron chi connectivity index (χ0n) is 13.8. The summed E-state index contributed by atoms with van der Waals surface area (Å²) in [5.74, 6) is -0.926. The van der Waals surface area contributed by atoms with Crippen molar-refractivity contribution in [1.29, 1.82) is 0 Å². The molecule has 7 nitrogen and oxygen atoms in total. The van der Waals surface area contributed by atoms with E-state index in [0.717, 1.165) is 4.90 Å². The summed E-state index contributed by atoms with van der Waals surface area (Å²) in [5.41, 5.74) is 0.632. The summed E-state index contributed by atoms with van der Waals surface area (Å²) in [6, 6.07) is 5.60. The quantitative estimate of drug-likeness (QED) is 0.820. The summed E-state index contributed by atoms with van der Waals surface area (Å²) < 4.78 is 16.5. The number of rotatable bonds is 4. The van der Waals surface area contributed by atoms with Crippen molar-refractivity contribution >= 4 is 11.8 Å². The molecule has 1 aromatic rings. The van der Waals surface area contributed by atoms with Crippen LogP contribution < -0.4 is 0 Å². The maximum absolute atomic E-state index is 12.7. The summed E-state index contributed by atoms with van der Waals surface area (Å²) in [5, 5.41) is 10.8. The number of methoxy groups -OCH3 is 2. The minimum atomic E-state index is -1.11. The van der Waals surface area contributed by atoms with Gasteiger partial charge in [-0.2, -0.15) is 0 Å². The molecule has 2 heterocycles. The monoisotopic (exact) mass is 335 g/mol. The second kappa shape index (κ2) is 6.60. The van der Waals surface area contributed by atoms with Crippen LogP contribution >= 0.6 is 0 Å². The van der Waals surface area contributed by atoms with Crippen LogP contribution in [0.2, 0.25) is 0 Å². The summed E-state index contributed by atoms with van der Waals surface area (Å²) in [6.45, 7) is 1.90. The van der Waals surface area contributed by atoms with Gasteiger partial charge in [-0.15, -0.1) is 0 Å². The number of carbonyl (C=O) groups excluding carboxylic acids is 2. The minimum absolute atomic E-state index is 0.316. The van der Waals surface area contributed by atoms with Crippen molar-refractivity contribution in [3.63, 3.8) is 0 Å². The van der Waals surface area contributed by atoms with Crippen molar-refractivity contribution < 1.29 is 28.9 Å². The summed E-state index contributed by atoms with van der Waals surface area (Å²) >= 11 is 0. The molecule has 7 heteroatoms. The first-order chi connectivity index (χ1) is 11.5. The van der Waals surface area contributed by atoms with E-state index < -0.39 is 36.4 Å². The van der Waals surface area contributed by atoms with Crippen molar-refractivity contribution in [3.8, 4) is 0 Å². The SMILES string of the molecule is CCC1OC(OC)[C@@H](N2C(=O)c3ccccc3C2=O)[C@@H](O)[C@@H]1OC. The molecule has 3 rings (SSSR count). The number of nitrogens with zero attached hydrogens (tertiary/aromatic N) is 1. The van der Waals surface area contributed by atoms with Gasteiger partial charge in [0.05, 0.1) is 17.2 Å². The molecule has 5 atom stereocenters. The van der Waals surface area contributed by atoms with Crippen LogP contribution in [0.25, 0.3) is 0 Å². The Labute approximate surface area is 140 Å². The molecule has 1 fully saturated rings. The predicted molar refractivity (Wildman–Crippen MR) is 83.5 cm³/mol. The second-order valence-corrected chi connectivity index (χ2v) is 5.89. The normalized spacial score (nSPS) is 33.0. The Morgan fingerprint density at radius 3 is 2.17 bits per heavy atom. The van der Waals surface area contributed by atoms with E-state index in [-0.39, 0.29) is 6.10 Å². The molecule has 24 heavy (non-hydrogen) atoms. The van der Waals surface area contributed by atoms with Crippen molar-refractivity contribution in [3.05, 3.63) is 35.4 Å². The van der Waals surface area contributed by atoms with Crippen molar-refractivity contribution in [1.82, 2.24) is 4.90 Å². The number of benzene rings is 1. The van der Waals surface area contributed by atoms with Crippen LogP contribution in [-0.4, -0.2) is 66.7 Å². The van der Waals surface area contributed by atoms with Crippen LogP contribution in [0.15, 0.2) is 24.3 Å². The van der Waals surface area contributed by atoms with Crippen LogP contribution in [0.5, 0.6) is 0 Å². The lowest BCUT2D eigenvalue weighted by molar-refractivity contribution is -0.271. The number of fused-ring (bicyclic) bond motifs is 1. The highest BCUT2D eigenvalue weighted by atomic mass is 16.7. The number of aliphatic hydroxyl groups excluding tert-OH is 1. The largest absolute Gasteiger partial charge is 0.388 e. The maximum atomic E-state index is 12.7. The third-order valence-electron chi connectivity index (χ3n) is 4.67. The zero-order chi connectivity index (χ0) is 17.4. The van der Waals surface area contributed by atoms with Gasteiger partial charge in [-0.1, -0.05) is 19.1 Å². The van der Waals surface area contributed by atoms with Gasteiger partial charge in [-0.3, -0.25) is 14.5 Å². The molecular weight excluding hydrogens is 314 g/mol. The molecule has 2 amide bonds. The average molecular weight is 335 g/mol. The highest BCUT2D eigenvalue weighted by molar-refractivity contribution is 6.21. The fourth-order valence-electron chi connectivity index (χ4n) is 3.47. The maximum Gasteiger partial charge on any atom is 0.262 e. The van der Waals surface area contributed by atoms with Gasteiger partial charge in [0.2, 0.25) is 0 Å². The Kier molecular flexibility index (Phi) is 4.69. The predicted octanol–water partition coefficient (Wildman–Crippen LogP) is 0.808. The molecule has 1 saturated heterocycles. The first-order valence-corrected chi connectivity index (χ1v) is 7.91. The average Bonchev–Trinajstić information content (AvgIpc) is 2.85. The Morgan fingerprint density at radius 2 is 1.71 bits per heavy atom. The van der Waals surface area contributed by atoms with Crippen LogP contribution in [0.4, 0.5) is 0 Å². The Hall–Kier alpha value is -1.80. The van der Waals surface area contributed by atoms with E-state index >= 15 is 0 Å². The van der Waals surface area contributed by atoms with Gasteiger partial charge in [0.1, 0.15) is 18.2 Å². The third kappa shape index (κ3) is 2.44. The molecular formula is C17H21NO6. The Balaban J connectivity index is 1.98. The van der Waals surface area contributed by atoms with E-state index in [0.29, 0.717) is 17.5 Å². The van der Waals surface area contributed by atoms with E-state index in [1.54, 1.807) is 24.3 Å². The molecule has 2 unspecified atom stereocenters. The van der Waals surface area contributed by atoms with E-state index in [1.165, 1.54) is 14.2 Å². The van der Waals surface area contributed by atoms with Crippen LogP contribution in [-0.2, 0) is 14.2 Å². The van der Waals surface area contributed by atoms with Gasteiger partial charge in [-0.05, 0) is 18.6 Å². The Morgan fingerprint density at radius 1 is 1.12 bits per heavy atom. The van der Waals surface area contributed by atoms with Gasteiger partial charge in [0.25, 0.3) is 11.8 Å². The zero-order valence-corrected chi connectivity index (χ0v) is 13.8. The highest BCUT2D eigenvalue weighted by Gasteiger charge is 2.53. The smallest absolute Gasteiger partial charge is 0.262 e. The van der Waals surface area contributed by atoms with E-state index in [2.05, 4.69) is 0 Å². The molecule has 0 spiro atoms. The standard InChI is InChI=1S/C17H21NO6/c1-4-11-14(22-2)13(19)12(17(23-3)24-11)18-15(20)9-7-5-6-8-10(9)16(18)21/h5-8,11-14,17,19H,4H2,1-3H3/t11?,12-,13+,14+,17?/m0/s1. The molecule has 0 bridgehead atoms. The van der Waals surface area contributed by atoms with Crippen molar-refractivity contribution in [2.75, 3.05) is 14.2 Å².